The molecule has 4 N–H and O–H groups in total. The van der Waals surface area contributed by atoms with Gasteiger partial charge in [0.25, 0.3) is 5.56 Å². The molecule has 9 nitrogen and oxygen atoms in total. The van der Waals surface area contributed by atoms with Crippen LogP contribution in [-0.4, -0.2) is 52.1 Å². The van der Waals surface area contributed by atoms with Crippen LogP contribution in [-0.2, 0) is 4.79 Å². The summed E-state index contributed by atoms with van der Waals surface area (Å²) in [5.74, 6) is 6.22. The number of fused-ring (bicyclic) bond motifs is 1. The summed E-state index contributed by atoms with van der Waals surface area (Å²) in [6.45, 7) is 6.15. The van der Waals surface area contributed by atoms with Crippen LogP contribution < -0.4 is 16.7 Å². The number of aromatic nitrogens is 4. The third-order valence-corrected chi connectivity index (χ3v) is 8.75. The number of nitrogens with one attached hydrogen (secondary N) is 2. The molecule has 1 saturated carbocycles. The van der Waals surface area contributed by atoms with Gasteiger partial charge in [-0.05, 0) is 43.5 Å². The number of carbonyl (C=O) groups excluding carboxylic acids is 1. The van der Waals surface area contributed by atoms with Gasteiger partial charge in [0, 0.05) is 0 Å². The molecule has 3 rings (SSSR count). The Balaban J connectivity index is 1.64. The Labute approximate surface area is 202 Å². The van der Waals surface area contributed by atoms with E-state index in [9.17, 15) is 9.59 Å². The van der Waals surface area contributed by atoms with Crippen molar-refractivity contribution in [3.8, 4) is 0 Å². The summed E-state index contributed by atoms with van der Waals surface area (Å²) in [6, 6.07) is 0.230. The van der Waals surface area contributed by atoms with Crippen molar-refractivity contribution in [1.29, 1.82) is 0 Å². The predicted octanol–water partition coefficient (Wildman–Crippen LogP) is 3.14. The molecule has 32 heavy (non-hydrogen) atoms. The van der Waals surface area contributed by atoms with E-state index in [4.69, 9.17) is 5.84 Å². The monoisotopic (exact) mass is 515 g/mol. The zero-order chi connectivity index (χ0) is 23.3. The first-order valence-corrected chi connectivity index (χ1v) is 13.9. The Morgan fingerprint density at radius 1 is 1.50 bits per heavy atom. The van der Waals surface area contributed by atoms with Crippen LogP contribution in [0, 0.1) is 0 Å². The SMILES string of the molecule is CCS/C(=N/N)SC(C)NC(=O)CSc1nc2c(cnn2C2CCC(C)(P)CC2)c(=O)[nH]1. The largest absolute Gasteiger partial charge is 0.343 e. The fourth-order valence-electron chi connectivity index (χ4n) is 3.57. The highest BCUT2D eigenvalue weighted by Crippen LogP contribution is 2.40. The van der Waals surface area contributed by atoms with Crippen molar-refractivity contribution in [2.45, 2.75) is 68.2 Å². The number of H-pyrrole nitrogens is 1. The minimum absolute atomic E-state index is 0.137. The first-order chi connectivity index (χ1) is 15.2. The topological polar surface area (TPSA) is 131 Å². The lowest BCUT2D eigenvalue weighted by atomic mass is 9.86. The quantitative estimate of drug-likeness (QED) is 0.0749. The lowest BCUT2D eigenvalue weighted by molar-refractivity contribution is -0.118. The second-order valence-corrected chi connectivity index (χ2v) is 13.2. The van der Waals surface area contributed by atoms with Gasteiger partial charge in [-0.1, -0.05) is 49.1 Å². The van der Waals surface area contributed by atoms with Gasteiger partial charge in [0.05, 0.1) is 23.4 Å². The van der Waals surface area contributed by atoms with E-state index in [1.807, 2.05) is 18.5 Å². The lowest BCUT2D eigenvalue weighted by Gasteiger charge is -2.34. The van der Waals surface area contributed by atoms with E-state index in [2.05, 4.69) is 41.6 Å². The Kier molecular flexibility index (Phi) is 8.94. The van der Waals surface area contributed by atoms with Gasteiger partial charge in [-0.3, -0.25) is 9.59 Å². The molecule has 1 aliphatic carbocycles. The molecule has 1 amide bonds. The number of hydrazone groups is 1. The number of carbonyl (C=O) groups is 1. The number of amides is 1. The molecule has 2 heterocycles. The zero-order valence-electron chi connectivity index (χ0n) is 18.5. The molecule has 2 aromatic heterocycles. The maximum Gasteiger partial charge on any atom is 0.262 e. The maximum atomic E-state index is 12.5. The maximum absolute atomic E-state index is 12.5. The Hall–Kier alpha value is -1.23. The van der Waals surface area contributed by atoms with Crippen molar-refractivity contribution in [1.82, 2.24) is 25.1 Å². The number of nitrogens with two attached hydrogens (primary N) is 1. The summed E-state index contributed by atoms with van der Waals surface area (Å²) in [5, 5.41) is 12.1. The standard InChI is InChI=1S/C19H30N7O2PS3/c1-4-30-18(25-20)32-11(2)22-14(27)10-31-17-23-15-13(16(28)24-17)9-21-26(15)12-5-7-19(3,29)8-6-12/h9,11-12H,4-8,10,20,29H2,1-3H3,(H,22,27)(H,23,24,28)/b25-18-. The third kappa shape index (κ3) is 6.65. The van der Waals surface area contributed by atoms with Crippen molar-refractivity contribution >= 4 is 65.8 Å². The van der Waals surface area contributed by atoms with Crippen molar-refractivity contribution < 1.29 is 4.79 Å². The fraction of sp³-hybridized carbons (Fsp3) is 0.632. The molecule has 176 valence electrons. The molecule has 2 aromatic rings. The normalized spacial score (nSPS) is 22.8. The molecule has 0 saturated heterocycles. The van der Waals surface area contributed by atoms with Crippen LogP contribution >= 0.6 is 44.5 Å². The molecule has 0 aromatic carbocycles. The number of nitrogens with zero attached hydrogens (tertiary/aromatic N) is 4. The summed E-state index contributed by atoms with van der Waals surface area (Å²) in [4.78, 5) is 32.3. The highest BCUT2D eigenvalue weighted by atomic mass is 32.2. The third-order valence-electron chi connectivity index (χ3n) is 5.24. The summed E-state index contributed by atoms with van der Waals surface area (Å²) >= 11 is 4.13. The molecule has 2 atom stereocenters. The minimum Gasteiger partial charge on any atom is -0.343 e. The fourth-order valence-corrected chi connectivity index (χ4v) is 6.50. The summed E-state index contributed by atoms with van der Waals surface area (Å²) in [7, 11) is 2.95. The predicted molar refractivity (Wildman–Crippen MR) is 139 cm³/mol. The van der Waals surface area contributed by atoms with Crippen LogP contribution in [0.3, 0.4) is 0 Å². The molecule has 0 bridgehead atoms. The highest BCUT2D eigenvalue weighted by molar-refractivity contribution is 8.39. The molecule has 1 aliphatic rings. The lowest BCUT2D eigenvalue weighted by Crippen LogP contribution is -2.32. The Bertz CT molecular complexity index is 1030. The van der Waals surface area contributed by atoms with Crippen LogP contribution in [0.4, 0.5) is 0 Å². The van der Waals surface area contributed by atoms with Gasteiger partial charge in [-0.25, -0.2) is 9.67 Å². The first kappa shape index (κ1) is 25.4. The molecule has 0 aliphatic heterocycles. The van der Waals surface area contributed by atoms with E-state index < -0.39 is 0 Å². The van der Waals surface area contributed by atoms with Gasteiger partial charge in [-0.15, -0.1) is 9.24 Å². The molecule has 0 radical (unpaired) electrons. The minimum atomic E-state index is -0.236. The van der Waals surface area contributed by atoms with E-state index >= 15 is 0 Å². The number of aromatic amines is 1. The summed E-state index contributed by atoms with van der Waals surface area (Å²) in [6.07, 6.45) is 5.74. The Morgan fingerprint density at radius 3 is 2.88 bits per heavy atom. The zero-order valence-corrected chi connectivity index (χ0v) is 22.1. The molecule has 2 unspecified atom stereocenters. The van der Waals surface area contributed by atoms with Gasteiger partial charge in [0.1, 0.15) is 5.39 Å². The smallest absolute Gasteiger partial charge is 0.262 e. The average Bonchev–Trinajstić information content (AvgIpc) is 3.16. The van der Waals surface area contributed by atoms with Crippen LogP contribution in [0.15, 0.2) is 21.2 Å². The first-order valence-electron chi connectivity index (χ1n) is 10.5. The summed E-state index contributed by atoms with van der Waals surface area (Å²) in [5.41, 5.74) is 0.346. The van der Waals surface area contributed by atoms with Crippen molar-refractivity contribution in [3.05, 3.63) is 16.6 Å². The number of hydrogen-bond acceptors (Lipinski definition) is 9. The highest BCUT2D eigenvalue weighted by Gasteiger charge is 2.29. The molecular formula is C19H30N7O2PS3. The van der Waals surface area contributed by atoms with Crippen molar-refractivity contribution in [3.63, 3.8) is 0 Å². The van der Waals surface area contributed by atoms with Crippen LogP contribution in [0.2, 0.25) is 0 Å². The van der Waals surface area contributed by atoms with Gasteiger partial charge >= 0.3 is 0 Å². The van der Waals surface area contributed by atoms with Gasteiger partial charge in [-0.2, -0.15) is 10.2 Å². The van der Waals surface area contributed by atoms with Gasteiger partial charge in [0.15, 0.2) is 15.2 Å². The molecule has 0 spiro atoms. The van der Waals surface area contributed by atoms with Crippen LogP contribution in [0.5, 0.6) is 0 Å². The van der Waals surface area contributed by atoms with Crippen LogP contribution in [0.1, 0.15) is 52.5 Å². The van der Waals surface area contributed by atoms with E-state index in [1.54, 1.807) is 6.20 Å². The second-order valence-electron chi connectivity index (χ2n) is 8.03. The molecule has 1 fully saturated rings. The number of thioether (sulfide) groups is 3. The van der Waals surface area contributed by atoms with E-state index in [1.165, 1.54) is 35.3 Å². The van der Waals surface area contributed by atoms with E-state index in [0.717, 1.165) is 35.8 Å². The van der Waals surface area contributed by atoms with Gasteiger partial charge in [0.2, 0.25) is 5.91 Å². The van der Waals surface area contributed by atoms with E-state index in [-0.39, 0.29) is 33.8 Å². The summed E-state index contributed by atoms with van der Waals surface area (Å²) < 4.78 is 2.61. The van der Waals surface area contributed by atoms with Crippen molar-refractivity contribution in [2.75, 3.05) is 11.5 Å². The van der Waals surface area contributed by atoms with Gasteiger partial charge < -0.3 is 16.1 Å². The number of rotatable bonds is 7. The Morgan fingerprint density at radius 2 is 2.22 bits per heavy atom. The molecular weight excluding hydrogens is 485 g/mol. The molecule has 13 heteroatoms. The van der Waals surface area contributed by atoms with Crippen molar-refractivity contribution in [2.24, 2.45) is 10.9 Å². The van der Waals surface area contributed by atoms with Crippen LogP contribution in [0.25, 0.3) is 11.0 Å². The number of hydrogen-bond donors (Lipinski definition) is 3. The second kappa shape index (κ2) is 11.3. The van der Waals surface area contributed by atoms with E-state index in [0.29, 0.717) is 16.2 Å². The average molecular weight is 516 g/mol.